The van der Waals surface area contributed by atoms with E-state index >= 15 is 0 Å². The molecule has 0 heterocycles. The maximum absolute atomic E-state index is 12.0. The molecule has 0 unspecified atom stereocenters. The molecule has 1 aromatic rings. The molecule has 1 N–H and O–H groups in total. The van der Waals surface area contributed by atoms with E-state index in [-0.39, 0.29) is 12.4 Å². The van der Waals surface area contributed by atoms with Crippen molar-refractivity contribution in [1.29, 1.82) is 0 Å². The van der Waals surface area contributed by atoms with Crippen molar-refractivity contribution in [1.82, 2.24) is 5.43 Å². The predicted octanol–water partition coefficient (Wildman–Crippen LogP) is 2.76. The zero-order valence-corrected chi connectivity index (χ0v) is 10.5. The molecular formula is C12H14F2N2O3. The Bertz CT molecular complexity index is 447. The number of nitrogens with one attached hydrogen (secondary N) is 1. The molecule has 19 heavy (non-hydrogen) atoms. The third-order valence-corrected chi connectivity index (χ3v) is 2.09. The average molecular weight is 272 g/mol. The summed E-state index contributed by atoms with van der Waals surface area (Å²) in [6.45, 7) is 0.735. The number of benzene rings is 1. The summed E-state index contributed by atoms with van der Waals surface area (Å²) in [7, 11) is 0. The van der Waals surface area contributed by atoms with Gasteiger partial charge in [0.1, 0.15) is 5.75 Å². The van der Waals surface area contributed by atoms with E-state index in [1.807, 2.05) is 0 Å². The van der Waals surface area contributed by atoms with E-state index in [9.17, 15) is 13.6 Å². The van der Waals surface area contributed by atoms with Crippen molar-refractivity contribution in [2.45, 2.75) is 20.5 Å². The Hall–Kier alpha value is -2.18. The van der Waals surface area contributed by atoms with Crippen molar-refractivity contribution in [3.63, 3.8) is 0 Å². The maximum Gasteiger partial charge on any atom is 0.427 e. The van der Waals surface area contributed by atoms with Gasteiger partial charge in [-0.1, -0.05) is 0 Å². The Morgan fingerprint density at radius 1 is 1.37 bits per heavy atom. The zero-order valence-electron chi connectivity index (χ0n) is 10.5. The number of amides is 1. The first-order valence-electron chi connectivity index (χ1n) is 5.55. The Labute approximate surface area is 109 Å². The van der Waals surface area contributed by atoms with Crippen LogP contribution in [0.25, 0.3) is 0 Å². The minimum atomic E-state index is -2.86. The molecule has 0 aliphatic heterocycles. The van der Waals surface area contributed by atoms with Crippen LogP contribution in [0.3, 0.4) is 0 Å². The second-order valence-electron chi connectivity index (χ2n) is 3.43. The lowest BCUT2D eigenvalue weighted by Gasteiger charge is -2.06. The van der Waals surface area contributed by atoms with Crippen LogP contribution in [0.2, 0.25) is 0 Å². The van der Waals surface area contributed by atoms with Gasteiger partial charge in [-0.2, -0.15) is 13.9 Å². The van der Waals surface area contributed by atoms with Crippen molar-refractivity contribution < 1.29 is 23.0 Å². The quantitative estimate of drug-likeness (QED) is 0.662. The number of ether oxygens (including phenoxy) is 2. The first kappa shape index (κ1) is 14.9. The second-order valence-corrected chi connectivity index (χ2v) is 3.43. The second kappa shape index (κ2) is 7.30. The van der Waals surface area contributed by atoms with Crippen molar-refractivity contribution in [3.8, 4) is 5.75 Å². The van der Waals surface area contributed by atoms with E-state index in [2.05, 4.69) is 20.0 Å². The molecule has 0 spiro atoms. The number of carbonyl (C=O) groups excluding carboxylic acids is 1. The number of hydrazone groups is 1. The lowest BCUT2D eigenvalue weighted by molar-refractivity contribution is -0.0498. The minimum absolute atomic E-state index is 0.0601. The molecule has 0 aliphatic carbocycles. The zero-order chi connectivity index (χ0) is 14.3. The number of halogens is 2. The molecule has 0 aliphatic rings. The number of rotatable bonds is 5. The molecule has 1 amide bonds. The predicted molar refractivity (Wildman–Crippen MR) is 65.4 cm³/mol. The molecular weight excluding hydrogens is 258 g/mol. The van der Waals surface area contributed by atoms with Gasteiger partial charge in [0.15, 0.2) is 0 Å². The molecule has 104 valence electrons. The fourth-order valence-corrected chi connectivity index (χ4v) is 1.23. The fourth-order valence-electron chi connectivity index (χ4n) is 1.23. The van der Waals surface area contributed by atoms with Gasteiger partial charge in [0.25, 0.3) is 0 Å². The fraction of sp³-hybridized carbons (Fsp3) is 0.333. The van der Waals surface area contributed by atoms with Crippen LogP contribution < -0.4 is 10.2 Å². The van der Waals surface area contributed by atoms with E-state index in [4.69, 9.17) is 0 Å². The highest BCUT2D eigenvalue weighted by Crippen LogP contribution is 2.15. The summed E-state index contributed by atoms with van der Waals surface area (Å²) in [6.07, 6.45) is -0.653. The molecule has 0 saturated carbocycles. The molecule has 1 rings (SSSR count). The van der Waals surface area contributed by atoms with Gasteiger partial charge in [-0.05, 0) is 43.7 Å². The van der Waals surface area contributed by atoms with Gasteiger partial charge in [0.05, 0.1) is 12.3 Å². The van der Waals surface area contributed by atoms with Crippen molar-refractivity contribution >= 4 is 11.8 Å². The highest BCUT2D eigenvalue weighted by Gasteiger charge is 2.05. The van der Waals surface area contributed by atoms with Crippen LogP contribution in [0.4, 0.5) is 13.6 Å². The summed E-state index contributed by atoms with van der Waals surface area (Å²) in [5.74, 6) is 0.0601. The summed E-state index contributed by atoms with van der Waals surface area (Å²) in [5.41, 5.74) is 3.38. The standard InChI is InChI=1S/C12H14F2N2O3/c1-3-18-12(17)16-15-8(2)9-4-6-10(7-5-9)19-11(13)14/h4-7,11H,3H2,1-2H3,(H,16,17). The van der Waals surface area contributed by atoms with E-state index in [1.165, 1.54) is 12.1 Å². The summed E-state index contributed by atoms with van der Waals surface area (Å²) < 4.78 is 32.8. The van der Waals surface area contributed by atoms with Gasteiger partial charge >= 0.3 is 12.7 Å². The largest absolute Gasteiger partial charge is 0.449 e. The van der Waals surface area contributed by atoms with Crippen molar-refractivity contribution in [2.24, 2.45) is 5.10 Å². The van der Waals surface area contributed by atoms with E-state index in [0.717, 1.165) is 0 Å². The molecule has 1 aromatic carbocycles. The van der Waals surface area contributed by atoms with Gasteiger partial charge in [0.2, 0.25) is 0 Å². The van der Waals surface area contributed by atoms with E-state index < -0.39 is 12.7 Å². The van der Waals surface area contributed by atoms with Crippen LogP contribution in [-0.4, -0.2) is 25.0 Å². The summed E-state index contributed by atoms with van der Waals surface area (Å²) in [5, 5.41) is 3.81. The Kier molecular flexibility index (Phi) is 5.72. The van der Waals surface area contributed by atoms with E-state index in [0.29, 0.717) is 11.3 Å². The summed E-state index contributed by atoms with van der Waals surface area (Å²) >= 11 is 0. The lowest BCUT2D eigenvalue weighted by atomic mass is 10.1. The lowest BCUT2D eigenvalue weighted by Crippen LogP contribution is -2.20. The Balaban J connectivity index is 2.64. The summed E-state index contributed by atoms with van der Waals surface area (Å²) in [6, 6.07) is 5.91. The molecule has 7 heteroatoms. The van der Waals surface area contributed by atoms with Crippen LogP contribution in [-0.2, 0) is 4.74 Å². The third kappa shape index (κ3) is 5.33. The van der Waals surface area contributed by atoms with Crippen LogP contribution in [0, 0.1) is 0 Å². The molecule has 0 saturated heterocycles. The molecule has 5 nitrogen and oxygen atoms in total. The first-order chi connectivity index (χ1) is 9.02. The molecule has 0 bridgehead atoms. The number of nitrogens with zero attached hydrogens (tertiary/aromatic N) is 1. The van der Waals surface area contributed by atoms with E-state index in [1.54, 1.807) is 26.0 Å². The molecule has 0 atom stereocenters. The maximum atomic E-state index is 12.0. The average Bonchev–Trinajstić information content (AvgIpc) is 2.36. The van der Waals surface area contributed by atoms with Gasteiger partial charge in [-0.15, -0.1) is 0 Å². The Morgan fingerprint density at radius 2 is 2.00 bits per heavy atom. The van der Waals surface area contributed by atoms with Gasteiger partial charge in [0, 0.05) is 0 Å². The van der Waals surface area contributed by atoms with Crippen LogP contribution in [0.15, 0.2) is 29.4 Å². The third-order valence-electron chi connectivity index (χ3n) is 2.09. The SMILES string of the molecule is CCOC(=O)NN=C(C)c1ccc(OC(F)F)cc1. The smallest absolute Gasteiger partial charge is 0.427 e. The monoisotopic (exact) mass is 272 g/mol. The minimum Gasteiger partial charge on any atom is -0.449 e. The molecule has 0 aromatic heterocycles. The number of alkyl halides is 2. The van der Waals surface area contributed by atoms with Crippen LogP contribution >= 0.6 is 0 Å². The van der Waals surface area contributed by atoms with Crippen LogP contribution in [0.1, 0.15) is 19.4 Å². The Morgan fingerprint density at radius 3 is 2.53 bits per heavy atom. The molecule has 0 fully saturated rings. The highest BCUT2D eigenvalue weighted by atomic mass is 19.3. The van der Waals surface area contributed by atoms with Crippen molar-refractivity contribution in [2.75, 3.05) is 6.61 Å². The topological polar surface area (TPSA) is 59.9 Å². The number of carbonyl (C=O) groups is 1. The number of hydrogen-bond donors (Lipinski definition) is 1. The normalized spacial score (nSPS) is 11.3. The van der Waals surface area contributed by atoms with Gasteiger partial charge in [-0.3, -0.25) is 0 Å². The first-order valence-corrected chi connectivity index (χ1v) is 5.55. The van der Waals surface area contributed by atoms with Crippen LogP contribution in [0.5, 0.6) is 5.75 Å². The number of hydrogen-bond acceptors (Lipinski definition) is 4. The summed E-state index contributed by atoms with van der Waals surface area (Å²) in [4.78, 5) is 11.0. The van der Waals surface area contributed by atoms with Crippen molar-refractivity contribution in [3.05, 3.63) is 29.8 Å². The van der Waals surface area contributed by atoms with Gasteiger partial charge in [-0.25, -0.2) is 10.2 Å². The highest BCUT2D eigenvalue weighted by molar-refractivity contribution is 5.99. The molecule has 0 radical (unpaired) electrons. The van der Waals surface area contributed by atoms with Gasteiger partial charge < -0.3 is 9.47 Å².